The van der Waals surface area contributed by atoms with Crippen LogP contribution in [0.25, 0.3) is 0 Å². The SMILES string of the molecule is CCOc1ccc(NC(=O)C[C@@H]2C(=O)N(c3cccc(OC)c3)C(=O)N2CCc2cccs2)cc1. The molecule has 4 rings (SSSR count). The largest absolute Gasteiger partial charge is 0.497 e. The molecule has 2 heterocycles. The summed E-state index contributed by atoms with van der Waals surface area (Å²) >= 11 is 1.59. The van der Waals surface area contributed by atoms with Crippen LogP contribution in [0.3, 0.4) is 0 Å². The van der Waals surface area contributed by atoms with Crippen LogP contribution in [0.2, 0.25) is 0 Å². The third-order valence-corrected chi connectivity index (χ3v) is 6.57. The van der Waals surface area contributed by atoms with Gasteiger partial charge in [0.05, 0.1) is 25.8 Å². The lowest BCUT2D eigenvalue weighted by Gasteiger charge is -2.21. The van der Waals surface area contributed by atoms with Gasteiger partial charge in [-0.2, -0.15) is 0 Å². The normalized spacial score (nSPS) is 15.4. The van der Waals surface area contributed by atoms with Gasteiger partial charge in [0, 0.05) is 23.2 Å². The zero-order valence-electron chi connectivity index (χ0n) is 19.6. The minimum Gasteiger partial charge on any atom is -0.497 e. The fraction of sp³-hybridized carbons (Fsp3) is 0.269. The van der Waals surface area contributed by atoms with Crippen LogP contribution in [0.4, 0.5) is 16.2 Å². The third kappa shape index (κ3) is 5.63. The number of thiophene rings is 1. The molecule has 3 aromatic rings. The lowest BCUT2D eigenvalue weighted by molar-refractivity contribution is -0.124. The molecule has 4 amide bonds. The second-order valence-electron chi connectivity index (χ2n) is 7.91. The van der Waals surface area contributed by atoms with Crippen molar-refractivity contribution in [2.24, 2.45) is 0 Å². The number of hydrogen-bond acceptors (Lipinski definition) is 6. The molecule has 1 aliphatic rings. The van der Waals surface area contributed by atoms with Crippen molar-refractivity contribution in [1.82, 2.24) is 4.90 Å². The van der Waals surface area contributed by atoms with Gasteiger partial charge in [0.2, 0.25) is 5.91 Å². The van der Waals surface area contributed by atoms with E-state index in [0.29, 0.717) is 42.4 Å². The van der Waals surface area contributed by atoms with Crippen LogP contribution >= 0.6 is 11.3 Å². The first-order valence-corrected chi connectivity index (χ1v) is 12.2. The van der Waals surface area contributed by atoms with Crippen molar-refractivity contribution in [3.63, 3.8) is 0 Å². The van der Waals surface area contributed by atoms with Gasteiger partial charge in [0.1, 0.15) is 17.5 Å². The number of rotatable bonds is 10. The van der Waals surface area contributed by atoms with Crippen molar-refractivity contribution in [2.75, 3.05) is 30.5 Å². The predicted molar refractivity (Wildman–Crippen MR) is 135 cm³/mol. The number of anilines is 2. The molecule has 8 nitrogen and oxygen atoms in total. The Kier molecular flexibility index (Phi) is 7.67. The summed E-state index contributed by atoms with van der Waals surface area (Å²) in [7, 11) is 1.52. The summed E-state index contributed by atoms with van der Waals surface area (Å²) in [4.78, 5) is 43.4. The maximum absolute atomic E-state index is 13.4. The summed E-state index contributed by atoms with van der Waals surface area (Å²) in [5.74, 6) is 0.450. The summed E-state index contributed by atoms with van der Waals surface area (Å²) in [6.45, 7) is 2.77. The second-order valence-corrected chi connectivity index (χ2v) is 8.94. The number of urea groups is 1. The van der Waals surface area contributed by atoms with Crippen LogP contribution in [0.1, 0.15) is 18.2 Å². The van der Waals surface area contributed by atoms with Crippen LogP contribution in [-0.2, 0) is 16.0 Å². The van der Waals surface area contributed by atoms with Crippen molar-refractivity contribution in [3.05, 3.63) is 70.9 Å². The molecule has 182 valence electrons. The smallest absolute Gasteiger partial charge is 0.332 e. The monoisotopic (exact) mass is 493 g/mol. The van der Waals surface area contributed by atoms with Gasteiger partial charge in [-0.05, 0) is 61.2 Å². The number of amides is 4. The highest BCUT2D eigenvalue weighted by Crippen LogP contribution is 2.30. The number of carbonyl (C=O) groups excluding carboxylic acids is 3. The van der Waals surface area contributed by atoms with Gasteiger partial charge < -0.3 is 19.7 Å². The highest BCUT2D eigenvalue weighted by atomic mass is 32.1. The summed E-state index contributed by atoms with van der Waals surface area (Å²) < 4.78 is 10.7. The molecule has 0 radical (unpaired) electrons. The van der Waals surface area contributed by atoms with Crippen molar-refractivity contribution < 1.29 is 23.9 Å². The van der Waals surface area contributed by atoms with Crippen LogP contribution in [0.15, 0.2) is 66.0 Å². The van der Waals surface area contributed by atoms with E-state index in [-0.39, 0.29) is 12.3 Å². The summed E-state index contributed by atoms with van der Waals surface area (Å²) in [5.41, 5.74) is 1.000. The molecule has 2 aromatic carbocycles. The lowest BCUT2D eigenvalue weighted by Crippen LogP contribution is -2.39. The van der Waals surface area contributed by atoms with Gasteiger partial charge in [0.25, 0.3) is 5.91 Å². The Labute approximate surface area is 208 Å². The van der Waals surface area contributed by atoms with E-state index in [4.69, 9.17) is 9.47 Å². The quantitative estimate of drug-likeness (QED) is 0.418. The average Bonchev–Trinajstić information content (AvgIpc) is 3.46. The topological polar surface area (TPSA) is 88.2 Å². The average molecular weight is 494 g/mol. The number of nitrogens with one attached hydrogen (secondary N) is 1. The Morgan fingerprint density at radius 1 is 1.06 bits per heavy atom. The molecule has 1 N–H and O–H groups in total. The van der Waals surface area contributed by atoms with E-state index in [0.717, 1.165) is 9.78 Å². The highest BCUT2D eigenvalue weighted by molar-refractivity contribution is 7.09. The summed E-state index contributed by atoms with van der Waals surface area (Å²) in [6, 6.07) is 16.4. The Morgan fingerprint density at radius 2 is 1.86 bits per heavy atom. The zero-order chi connectivity index (χ0) is 24.8. The van der Waals surface area contributed by atoms with Gasteiger partial charge in [0.15, 0.2) is 0 Å². The van der Waals surface area contributed by atoms with Crippen LogP contribution in [-0.4, -0.2) is 49.0 Å². The third-order valence-electron chi connectivity index (χ3n) is 5.64. The minimum atomic E-state index is -0.906. The molecule has 1 fully saturated rings. The molecular weight excluding hydrogens is 466 g/mol. The predicted octanol–water partition coefficient (Wildman–Crippen LogP) is 4.56. The molecule has 9 heteroatoms. The first kappa shape index (κ1) is 24.3. The van der Waals surface area contributed by atoms with Crippen molar-refractivity contribution in [2.45, 2.75) is 25.8 Å². The van der Waals surface area contributed by atoms with Crippen LogP contribution in [0.5, 0.6) is 11.5 Å². The van der Waals surface area contributed by atoms with Crippen molar-refractivity contribution in [1.29, 1.82) is 0 Å². The Hall–Kier alpha value is -3.85. The molecule has 0 unspecified atom stereocenters. The number of benzene rings is 2. The maximum Gasteiger partial charge on any atom is 0.332 e. The zero-order valence-corrected chi connectivity index (χ0v) is 20.4. The number of imide groups is 1. The van der Waals surface area contributed by atoms with Gasteiger partial charge in [-0.25, -0.2) is 9.69 Å². The standard InChI is InChI=1S/C26H27N3O5S/c1-3-34-20-11-9-18(10-12-20)27-24(30)17-23-25(31)29(19-6-4-7-21(16-19)33-2)26(32)28(23)14-13-22-8-5-15-35-22/h4-12,15-16,23H,3,13-14,17H2,1-2H3,(H,27,30)/t23-/m1/s1. The molecular formula is C26H27N3O5S. The second kappa shape index (κ2) is 11.1. The lowest BCUT2D eigenvalue weighted by atomic mass is 10.1. The molecule has 1 aliphatic heterocycles. The number of carbonyl (C=O) groups is 3. The molecule has 0 saturated carbocycles. The van der Waals surface area contributed by atoms with E-state index >= 15 is 0 Å². The van der Waals surface area contributed by atoms with E-state index in [9.17, 15) is 14.4 Å². The van der Waals surface area contributed by atoms with E-state index in [2.05, 4.69) is 5.32 Å². The fourth-order valence-electron chi connectivity index (χ4n) is 3.95. The van der Waals surface area contributed by atoms with Crippen molar-refractivity contribution >= 4 is 40.6 Å². The number of methoxy groups -OCH3 is 1. The van der Waals surface area contributed by atoms with Gasteiger partial charge in [-0.1, -0.05) is 12.1 Å². The van der Waals surface area contributed by atoms with E-state index in [1.165, 1.54) is 12.0 Å². The summed E-state index contributed by atoms with van der Waals surface area (Å²) in [6.07, 6.45) is 0.447. The number of hydrogen-bond donors (Lipinski definition) is 1. The minimum absolute atomic E-state index is 0.150. The van der Waals surface area contributed by atoms with E-state index < -0.39 is 18.0 Å². The number of nitrogens with zero attached hydrogens (tertiary/aromatic N) is 2. The van der Waals surface area contributed by atoms with Gasteiger partial charge >= 0.3 is 6.03 Å². The van der Waals surface area contributed by atoms with E-state index in [1.807, 2.05) is 24.4 Å². The summed E-state index contributed by atoms with van der Waals surface area (Å²) in [5, 5.41) is 4.78. The first-order chi connectivity index (χ1) is 17.0. The Bertz CT molecular complexity index is 1180. The maximum atomic E-state index is 13.4. The Morgan fingerprint density at radius 3 is 2.54 bits per heavy atom. The molecule has 1 atom stereocenters. The molecule has 0 aliphatic carbocycles. The van der Waals surface area contributed by atoms with Gasteiger partial charge in [-0.3, -0.25) is 9.59 Å². The molecule has 35 heavy (non-hydrogen) atoms. The molecule has 0 spiro atoms. The molecule has 1 aromatic heterocycles. The van der Waals surface area contributed by atoms with Crippen LogP contribution in [0, 0.1) is 0 Å². The molecule has 1 saturated heterocycles. The number of ether oxygens (including phenoxy) is 2. The van der Waals surface area contributed by atoms with E-state index in [1.54, 1.807) is 59.9 Å². The molecule has 0 bridgehead atoms. The highest BCUT2D eigenvalue weighted by Gasteiger charge is 2.46. The first-order valence-electron chi connectivity index (χ1n) is 11.3. The van der Waals surface area contributed by atoms with Crippen molar-refractivity contribution in [3.8, 4) is 11.5 Å². The Balaban J connectivity index is 1.53. The fourth-order valence-corrected chi connectivity index (χ4v) is 4.65. The van der Waals surface area contributed by atoms with Gasteiger partial charge in [-0.15, -0.1) is 11.3 Å². The van der Waals surface area contributed by atoms with Crippen LogP contribution < -0.4 is 19.7 Å².